The number of nitrogens with one attached hydrogen (secondary N) is 4. The van der Waals surface area contributed by atoms with Crippen LogP contribution in [0.4, 0.5) is 0 Å². The third-order valence-corrected chi connectivity index (χ3v) is 4.99. The Morgan fingerprint density at radius 1 is 0.824 bits per heavy atom. The Hall–Kier alpha value is -3.75. The molecule has 1 aliphatic heterocycles. The molecule has 5 amide bonds. The topological polar surface area (TPSA) is 260 Å². The van der Waals surface area contributed by atoms with Gasteiger partial charge in [-0.05, 0) is 32.2 Å². The summed E-state index contributed by atoms with van der Waals surface area (Å²) in [5.74, 6) is -7.06. The normalized spacial score (nSPS) is 17.6. The SMILES string of the molecule is NC(=O)CCC(NC(=O)C1CCCN1)C(=O)NC(CC(N)=O)C(=O)NC(CCC(=O)O)C(=O)O. The number of amides is 5. The molecule has 0 aromatic carbocycles. The van der Waals surface area contributed by atoms with E-state index in [0.29, 0.717) is 13.0 Å². The van der Waals surface area contributed by atoms with E-state index in [4.69, 9.17) is 16.6 Å². The lowest BCUT2D eigenvalue weighted by Crippen LogP contribution is -2.57. The van der Waals surface area contributed by atoms with Gasteiger partial charge in [0.2, 0.25) is 29.5 Å². The fourth-order valence-electron chi connectivity index (χ4n) is 3.22. The van der Waals surface area contributed by atoms with E-state index >= 15 is 0 Å². The lowest BCUT2D eigenvalue weighted by atomic mass is 10.1. The number of carbonyl (C=O) groups excluding carboxylic acids is 5. The van der Waals surface area contributed by atoms with E-state index < -0.39 is 84.9 Å². The van der Waals surface area contributed by atoms with Crippen LogP contribution in [0, 0.1) is 0 Å². The lowest BCUT2D eigenvalue weighted by molar-refractivity contribution is -0.143. The van der Waals surface area contributed by atoms with Gasteiger partial charge in [0.05, 0.1) is 12.5 Å². The van der Waals surface area contributed by atoms with Crippen molar-refractivity contribution < 1.29 is 43.8 Å². The number of hydrogen-bond donors (Lipinski definition) is 8. The third-order valence-electron chi connectivity index (χ3n) is 4.99. The summed E-state index contributed by atoms with van der Waals surface area (Å²) in [6.45, 7) is 0.615. The van der Waals surface area contributed by atoms with Crippen molar-refractivity contribution in [1.29, 1.82) is 0 Å². The highest BCUT2D eigenvalue weighted by Crippen LogP contribution is 2.07. The van der Waals surface area contributed by atoms with Crippen molar-refractivity contribution >= 4 is 41.5 Å². The van der Waals surface area contributed by atoms with Crippen LogP contribution < -0.4 is 32.7 Å². The molecule has 4 unspecified atom stereocenters. The summed E-state index contributed by atoms with van der Waals surface area (Å²) in [6.07, 6.45) is -0.872. The molecular weight excluding hydrogens is 456 g/mol. The summed E-state index contributed by atoms with van der Waals surface area (Å²) in [4.78, 5) is 82.5. The van der Waals surface area contributed by atoms with E-state index in [0.717, 1.165) is 6.42 Å². The smallest absolute Gasteiger partial charge is 0.326 e. The van der Waals surface area contributed by atoms with Crippen molar-refractivity contribution in [1.82, 2.24) is 21.3 Å². The predicted octanol–water partition coefficient (Wildman–Crippen LogP) is -3.72. The number of nitrogens with two attached hydrogens (primary N) is 2. The third kappa shape index (κ3) is 10.2. The zero-order valence-electron chi connectivity index (χ0n) is 18.4. The summed E-state index contributed by atoms with van der Waals surface area (Å²) in [5.41, 5.74) is 10.3. The zero-order valence-corrected chi connectivity index (χ0v) is 18.4. The van der Waals surface area contributed by atoms with Crippen molar-refractivity contribution in [3.05, 3.63) is 0 Å². The minimum Gasteiger partial charge on any atom is -0.481 e. The molecule has 0 aliphatic carbocycles. The molecule has 190 valence electrons. The van der Waals surface area contributed by atoms with E-state index in [2.05, 4.69) is 21.3 Å². The van der Waals surface area contributed by atoms with E-state index in [-0.39, 0.29) is 12.8 Å². The largest absolute Gasteiger partial charge is 0.481 e. The predicted molar refractivity (Wildman–Crippen MR) is 114 cm³/mol. The van der Waals surface area contributed by atoms with Crippen LogP contribution in [0.5, 0.6) is 0 Å². The Bertz CT molecular complexity index is 812. The molecule has 0 aromatic heterocycles. The van der Waals surface area contributed by atoms with Gasteiger partial charge in [0, 0.05) is 12.8 Å². The Kier molecular flexibility index (Phi) is 11.4. The summed E-state index contributed by atoms with van der Waals surface area (Å²) in [7, 11) is 0. The number of aliphatic carboxylic acids is 2. The van der Waals surface area contributed by atoms with Gasteiger partial charge in [0.15, 0.2) is 0 Å². The molecule has 4 atom stereocenters. The molecule has 34 heavy (non-hydrogen) atoms. The van der Waals surface area contributed by atoms with Gasteiger partial charge in [0.25, 0.3) is 0 Å². The van der Waals surface area contributed by atoms with Crippen LogP contribution in [0.1, 0.15) is 44.9 Å². The molecule has 0 spiro atoms. The molecule has 0 bridgehead atoms. The van der Waals surface area contributed by atoms with Gasteiger partial charge < -0.3 is 42.9 Å². The van der Waals surface area contributed by atoms with Gasteiger partial charge in [-0.15, -0.1) is 0 Å². The average Bonchev–Trinajstić information content (AvgIpc) is 3.27. The van der Waals surface area contributed by atoms with Crippen LogP contribution in [0.25, 0.3) is 0 Å². The first kappa shape index (κ1) is 28.3. The van der Waals surface area contributed by atoms with Gasteiger partial charge in [-0.25, -0.2) is 4.79 Å². The van der Waals surface area contributed by atoms with Crippen molar-refractivity contribution in [2.45, 2.75) is 69.1 Å². The molecule has 15 nitrogen and oxygen atoms in total. The highest BCUT2D eigenvalue weighted by molar-refractivity contribution is 5.96. The van der Waals surface area contributed by atoms with E-state index in [1.54, 1.807) is 0 Å². The van der Waals surface area contributed by atoms with E-state index in [1.807, 2.05) is 0 Å². The van der Waals surface area contributed by atoms with Gasteiger partial charge in [0.1, 0.15) is 18.1 Å². The Balaban J connectivity index is 2.94. The van der Waals surface area contributed by atoms with Crippen LogP contribution in [0.3, 0.4) is 0 Å². The number of carbonyl (C=O) groups is 7. The van der Waals surface area contributed by atoms with Crippen molar-refractivity contribution in [2.75, 3.05) is 6.54 Å². The van der Waals surface area contributed by atoms with Gasteiger partial charge in [-0.1, -0.05) is 0 Å². The first-order chi connectivity index (χ1) is 15.9. The second-order valence-corrected chi connectivity index (χ2v) is 7.78. The molecule has 1 rings (SSSR count). The fraction of sp³-hybridized carbons (Fsp3) is 0.632. The Morgan fingerprint density at radius 3 is 1.91 bits per heavy atom. The van der Waals surface area contributed by atoms with Gasteiger partial charge in [-0.2, -0.15) is 0 Å². The molecule has 0 radical (unpaired) electrons. The minimum absolute atomic E-state index is 0.194. The number of primary amides is 2. The molecule has 1 saturated heterocycles. The number of hydrogen-bond acceptors (Lipinski definition) is 8. The van der Waals surface area contributed by atoms with Crippen LogP contribution in [-0.2, 0) is 33.6 Å². The van der Waals surface area contributed by atoms with Gasteiger partial charge in [-0.3, -0.25) is 28.8 Å². The van der Waals surface area contributed by atoms with Crippen LogP contribution in [0.2, 0.25) is 0 Å². The van der Waals surface area contributed by atoms with Crippen molar-refractivity contribution in [2.24, 2.45) is 11.5 Å². The van der Waals surface area contributed by atoms with Gasteiger partial charge >= 0.3 is 11.9 Å². The molecule has 1 aliphatic rings. The summed E-state index contributed by atoms with van der Waals surface area (Å²) < 4.78 is 0. The monoisotopic (exact) mass is 486 g/mol. The second-order valence-electron chi connectivity index (χ2n) is 7.78. The van der Waals surface area contributed by atoms with E-state index in [1.165, 1.54) is 0 Å². The number of carboxylic acids is 2. The minimum atomic E-state index is -1.62. The fourth-order valence-corrected chi connectivity index (χ4v) is 3.22. The maximum absolute atomic E-state index is 12.8. The molecule has 15 heteroatoms. The summed E-state index contributed by atoms with van der Waals surface area (Å²) >= 11 is 0. The highest BCUT2D eigenvalue weighted by atomic mass is 16.4. The Labute approximate surface area is 194 Å². The molecule has 0 saturated carbocycles. The number of carboxylic acid groups (broad SMARTS) is 2. The molecule has 10 N–H and O–H groups in total. The van der Waals surface area contributed by atoms with Crippen LogP contribution in [0.15, 0.2) is 0 Å². The van der Waals surface area contributed by atoms with Crippen molar-refractivity contribution in [3.8, 4) is 0 Å². The van der Waals surface area contributed by atoms with E-state index in [9.17, 15) is 38.7 Å². The summed E-state index contributed by atoms with van der Waals surface area (Å²) in [5, 5.41) is 27.7. The Morgan fingerprint density at radius 2 is 1.41 bits per heavy atom. The first-order valence-corrected chi connectivity index (χ1v) is 10.6. The molecule has 1 heterocycles. The van der Waals surface area contributed by atoms with Crippen LogP contribution >= 0.6 is 0 Å². The average molecular weight is 486 g/mol. The first-order valence-electron chi connectivity index (χ1n) is 10.6. The highest BCUT2D eigenvalue weighted by Gasteiger charge is 2.32. The quantitative estimate of drug-likeness (QED) is 0.112. The maximum atomic E-state index is 12.8. The summed E-state index contributed by atoms with van der Waals surface area (Å²) in [6, 6.07) is -5.05. The second kappa shape index (κ2) is 13.7. The number of rotatable bonds is 15. The standard InChI is InChI=1S/C19H30N6O9/c20-13(26)5-3-10(23-16(30)9-2-1-7-22-9)17(31)25-12(8-14(21)27)18(32)24-11(19(33)34)4-6-15(28)29/h9-12,22H,1-8H2,(H2,20,26)(H2,21,27)(H,23,30)(H,24,32)(H,25,31)(H,28,29)(H,33,34). The van der Waals surface area contributed by atoms with Crippen molar-refractivity contribution in [3.63, 3.8) is 0 Å². The van der Waals surface area contributed by atoms with Crippen LogP contribution in [-0.4, -0.2) is 82.4 Å². The molecule has 0 aromatic rings. The molecular formula is C19H30N6O9. The maximum Gasteiger partial charge on any atom is 0.326 e. The molecule has 1 fully saturated rings. The zero-order chi connectivity index (χ0) is 25.8. The lowest BCUT2D eigenvalue weighted by Gasteiger charge is -2.24.